The number of carbonyl (C=O) groups excluding carboxylic acids is 1. The summed E-state index contributed by atoms with van der Waals surface area (Å²) < 4.78 is 1.91. The standard InChI is InChI=1S/C25H24ClN3O3S/c1-4-16-5-8-19(9-6-16)27-25-28-23(30)22(33-25)13-18-11-14(2)29(15(18)3)21-12-17(24(31)32)7-10-20(21)26/h5-13,25,27H,4H2,1-3H3,(H,28,30)(H,31,32)/b22-13-/t25-/m0/s1. The van der Waals surface area contributed by atoms with Crippen molar-refractivity contribution in [1.29, 1.82) is 0 Å². The second-order valence-electron chi connectivity index (χ2n) is 7.81. The third kappa shape index (κ3) is 4.79. The van der Waals surface area contributed by atoms with Gasteiger partial charge >= 0.3 is 5.97 Å². The molecule has 2 aromatic carbocycles. The van der Waals surface area contributed by atoms with Crippen LogP contribution in [0.3, 0.4) is 0 Å². The summed E-state index contributed by atoms with van der Waals surface area (Å²) in [4.78, 5) is 24.6. The number of anilines is 1. The molecule has 1 aliphatic rings. The summed E-state index contributed by atoms with van der Waals surface area (Å²) in [5.74, 6) is -1.15. The molecule has 0 bridgehead atoms. The Bertz CT molecular complexity index is 1260. The van der Waals surface area contributed by atoms with Gasteiger partial charge in [0.1, 0.15) is 0 Å². The predicted octanol–water partition coefficient (Wildman–Crippen LogP) is 5.61. The van der Waals surface area contributed by atoms with E-state index in [1.165, 1.54) is 23.4 Å². The second-order valence-corrected chi connectivity index (χ2v) is 9.36. The number of aromatic carboxylic acids is 1. The first-order valence-corrected chi connectivity index (χ1v) is 11.8. The van der Waals surface area contributed by atoms with E-state index in [2.05, 4.69) is 29.7 Å². The van der Waals surface area contributed by atoms with Crippen LogP contribution in [-0.2, 0) is 11.2 Å². The van der Waals surface area contributed by atoms with Gasteiger partial charge in [-0.1, -0.05) is 42.4 Å². The van der Waals surface area contributed by atoms with E-state index in [1.807, 2.05) is 42.7 Å². The average molecular weight is 482 g/mol. The van der Waals surface area contributed by atoms with Gasteiger partial charge in [0.05, 0.1) is 21.2 Å². The van der Waals surface area contributed by atoms with Crippen LogP contribution in [0.4, 0.5) is 5.69 Å². The number of rotatable bonds is 6. The predicted molar refractivity (Wildman–Crippen MR) is 134 cm³/mol. The number of hydrogen-bond acceptors (Lipinski definition) is 4. The van der Waals surface area contributed by atoms with Crippen LogP contribution in [0.2, 0.25) is 5.02 Å². The number of nitrogens with one attached hydrogen (secondary N) is 2. The fourth-order valence-electron chi connectivity index (χ4n) is 3.82. The van der Waals surface area contributed by atoms with Gasteiger partial charge in [-0.05, 0) is 73.9 Å². The van der Waals surface area contributed by atoms with Crippen molar-refractivity contribution in [3.05, 3.63) is 86.5 Å². The number of aryl methyl sites for hydroxylation is 2. The molecule has 2 heterocycles. The summed E-state index contributed by atoms with van der Waals surface area (Å²) in [7, 11) is 0. The van der Waals surface area contributed by atoms with E-state index in [0.717, 1.165) is 29.1 Å². The third-order valence-corrected chi connectivity index (χ3v) is 6.93. The summed E-state index contributed by atoms with van der Waals surface area (Å²) in [5, 5.41) is 16.1. The van der Waals surface area contributed by atoms with E-state index in [4.69, 9.17) is 11.6 Å². The van der Waals surface area contributed by atoms with Crippen molar-refractivity contribution >= 4 is 47.0 Å². The average Bonchev–Trinajstić information content (AvgIpc) is 3.26. The molecule has 1 atom stereocenters. The van der Waals surface area contributed by atoms with Gasteiger partial charge in [0, 0.05) is 17.1 Å². The van der Waals surface area contributed by atoms with Crippen LogP contribution in [0, 0.1) is 13.8 Å². The molecule has 0 aliphatic carbocycles. The number of carboxylic acids is 1. The Morgan fingerprint density at radius 1 is 1.21 bits per heavy atom. The molecule has 1 fully saturated rings. The van der Waals surface area contributed by atoms with E-state index < -0.39 is 5.97 Å². The van der Waals surface area contributed by atoms with Gasteiger partial charge in [-0.3, -0.25) is 4.79 Å². The van der Waals surface area contributed by atoms with Crippen molar-refractivity contribution in [3.63, 3.8) is 0 Å². The van der Waals surface area contributed by atoms with Crippen molar-refractivity contribution in [1.82, 2.24) is 9.88 Å². The monoisotopic (exact) mass is 481 g/mol. The van der Waals surface area contributed by atoms with Gasteiger partial charge in [-0.2, -0.15) is 0 Å². The number of thioether (sulfide) groups is 1. The Morgan fingerprint density at radius 3 is 2.61 bits per heavy atom. The van der Waals surface area contributed by atoms with E-state index in [0.29, 0.717) is 15.6 Å². The highest BCUT2D eigenvalue weighted by Crippen LogP contribution is 2.33. The maximum absolute atomic E-state index is 12.6. The van der Waals surface area contributed by atoms with Crippen molar-refractivity contribution < 1.29 is 14.7 Å². The van der Waals surface area contributed by atoms with Crippen molar-refractivity contribution in [2.45, 2.75) is 32.7 Å². The molecule has 3 aromatic rings. The molecule has 170 valence electrons. The number of carboxylic acid groups (broad SMARTS) is 1. The number of carbonyl (C=O) groups is 2. The largest absolute Gasteiger partial charge is 0.478 e. The highest BCUT2D eigenvalue weighted by molar-refractivity contribution is 8.05. The fraction of sp³-hybridized carbons (Fsp3) is 0.200. The minimum Gasteiger partial charge on any atom is -0.478 e. The SMILES string of the molecule is CCc1ccc(N[C@H]2NC(=O)/C(=C/c3cc(C)n(-c4cc(C(=O)O)ccc4Cl)c3C)S2)cc1. The molecule has 0 unspecified atom stereocenters. The Balaban J connectivity index is 1.59. The lowest BCUT2D eigenvalue weighted by Gasteiger charge is -2.13. The summed E-state index contributed by atoms with van der Waals surface area (Å²) in [5.41, 5.74) is 5.31. The quantitative estimate of drug-likeness (QED) is 0.399. The second kappa shape index (κ2) is 9.37. The van der Waals surface area contributed by atoms with E-state index in [-0.39, 0.29) is 17.0 Å². The molecule has 6 nitrogen and oxygen atoms in total. The van der Waals surface area contributed by atoms with Crippen LogP contribution >= 0.6 is 23.4 Å². The van der Waals surface area contributed by atoms with E-state index in [1.54, 1.807) is 12.1 Å². The smallest absolute Gasteiger partial charge is 0.335 e. The molecule has 8 heteroatoms. The lowest BCUT2D eigenvalue weighted by atomic mass is 10.1. The van der Waals surface area contributed by atoms with Crippen LogP contribution < -0.4 is 10.6 Å². The first-order chi connectivity index (χ1) is 15.8. The third-order valence-electron chi connectivity index (χ3n) is 5.58. The van der Waals surface area contributed by atoms with Crippen LogP contribution in [0.25, 0.3) is 11.8 Å². The van der Waals surface area contributed by atoms with Crippen LogP contribution in [-0.4, -0.2) is 27.0 Å². The van der Waals surface area contributed by atoms with Gasteiger partial charge in [-0.15, -0.1) is 0 Å². The normalized spacial score (nSPS) is 16.8. The zero-order valence-corrected chi connectivity index (χ0v) is 20.1. The maximum Gasteiger partial charge on any atom is 0.335 e. The molecular formula is C25H24ClN3O3S. The number of amides is 1. The van der Waals surface area contributed by atoms with Gasteiger partial charge < -0.3 is 20.3 Å². The first kappa shape index (κ1) is 23.0. The number of benzene rings is 2. The summed E-state index contributed by atoms with van der Waals surface area (Å²) in [6.45, 7) is 5.96. The summed E-state index contributed by atoms with van der Waals surface area (Å²) in [6.07, 6.45) is 2.84. The zero-order valence-electron chi connectivity index (χ0n) is 18.5. The molecular weight excluding hydrogens is 458 g/mol. The molecule has 1 aromatic heterocycles. The molecule has 3 N–H and O–H groups in total. The highest BCUT2D eigenvalue weighted by atomic mass is 35.5. The van der Waals surface area contributed by atoms with E-state index >= 15 is 0 Å². The zero-order chi connectivity index (χ0) is 23.7. The Labute approximate surface area is 201 Å². The van der Waals surface area contributed by atoms with Gasteiger partial charge in [0.25, 0.3) is 5.91 Å². The van der Waals surface area contributed by atoms with Crippen molar-refractivity contribution in [2.24, 2.45) is 0 Å². The van der Waals surface area contributed by atoms with Crippen LogP contribution in [0.5, 0.6) is 0 Å². The molecule has 0 spiro atoms. The summed E-state index contributed by atoms with van der Waals surface area (Å²) in [6, 6.07) is 14.7. The molecule has 1 amide bonds. The van der Waals surface area contributed by atoms with E-state index in [9.17, 15) is 14.7 Å². The minimum absolute atomic E-state index is 0.140. The first-order valence-electron chi connectivity index (χ1n) is 10.5. The molecule has 4 rings (SSSR count). The number of aromatic nitrogens is 1. The Kier molecular flexibility index (Phi) is 6.54. The van der Waals surface area contributed by atoms with Crippen molar-refractivity contribution in [3.8, 4) is 5.69 Å². The topological polar surface area (TPSA) is 83.4 Å². The van der Waals surface area contributed by atoms with Gasteiger partial charge in [-0.25, -0.2) is 4.79 Å². The van der Waals surface area contributed by atoms with Crippen molar-refractivity contribution in [2.75, 3.05) is 5.32 Å². The summed E-state index contributed by atoms with van der Waals surface area (Å²) >= 11 is 7.82. The molecule has 0 radical (unpaired) electrons. The number of nitrogens with zero attached hydrogens (tertiary/aromatic N) is 1. The molecule has 1 saturated heterocycles. The maximum atomic E-state index is 12.6. The lowest BCUT2D eigenvalue weighted by molar-refractivity contribution is -0.116. The van der Waals surface area contributed by atoms with Gasteiger partial charge in [0.2, 0.25) is 0 Å². The lowest BCUT2D eigenvalue weighted by Crippen LogP contribution is -2.30. The van der Waals surface area contributed by atoms with Gasteiger partial charge in [0.15, 0.2) is 5.50 Å². The van der Waals surface area contributed by atoms with Crippen LogP contribution in [0.15, 0.2) is 53.4 Å². The fourth-order valence-corrected chi connectivity index (χ4v) is 4.99. The molecule has 1 aliphatic heterocycles. The highest BCUT2D eigenvalue weighted by Gasteiger charge is 2.27. The number of hydrogen-bond donors (Lipinski definition) is 3. The Morgan fingerprint density at radius 2 is 1.94 bits per heavy atom. The number of halogens is 1. The van der Waals surface area contributed by atoms with Crippen LogP contribution in [0.1, 0.15) is 39.8 Å². The molecule has 33 heavy (non-hydrogen) atoms. The molecule has 0 saturated carbocycles. The minimum atomic E-state index is -1.01. The Hall–Kier alpha value is -3.16.